The first-order valence-electron chi connectivity index (χ1n) is 6.81. The van der Waals surface area contributed by atoms with E-state index in [1.54, 1.807) is 6.07 Å². The maximum atomic E-state index is 14.5. The van der Waals surface area contributed by atoms with Crippen LogP contribution in [0.5, 0.6) is 11.5 Å². The summed E-state index contributed by atoms with van der Waals surface area (Å²) in [6.07, 6.45) is 3.58. The highest BCUT2D eigenvalue weighted by molar-refractivity contribution is 9.10. The second-order valence-corrected chi connectivity index (χ2v) is 6.09. The van der Waals surface area contributed by atoms with Crippen molar-refractivity contribution >= 4 is 21.9 Å². The van der Waals surface area contributed by atoms with Gasteiger partial charge in [0, 0.05) is 5.56 Å². The second-order valence-electron chi connectivity index (χ2n) is 5.23. The Balaban J connectivity index is 2.68. The van der Waals surface area contributed by atoms with E-state index in [4.69, 9.17) is 9.47 Å². The van der Waals surface area contributed by atoms with Gasteiger partial charge in [0.2, 0.25) is 5.82 Å². The van der Waals surface area contributed by atoms with Gasteiger partial charge in [-0.2, -0.15) is 4.39 Å². The van der Waals surface area contributed by atoms with Crippen molar-refractivity contribution in [1.29, 1.82) is 0 Å². The van der Waals surface area contributed by atoms with Gasteiger partial charge >= 0.3 is 5.97 Å². The minimum Gasteiger partial charge on any atom is -0.493 e. The summed E-state index contributed by atoms with van der Waals surface area (Å²) >= 11 is 3.25. The number of methoxy groups -OCH3 is 2. The first-order chi connectivity index (χ1) is 9.97. The van der Waals surface area contributed by atoms with Crippen LogP contribution in [-0.2, 0) is 10.2 Å². The van der Waals surface area contributed by atoms with E-state index < -0.39 is 17.2 Å². The molecule has 0 atom stereocenters. The zero-order chi connectivity index (χ0) is 15.6. The maximum absolute atomic E-state index is 14.5. The van der Waals surface area contributed by atoms with Gasteiger partial charge in [0.15, 0.2) is 11.5 Å². The van der Waals surface area contributed by atoms with Crippen LogP contribution in [0.15, 0.2) is 10.5 Å². The highest BCUT2D eigenvalue weighted by Gasteiger charge is 2.44. The van der Waals surface area contributed by atoms with Gasteiger partial charge in [-0.05, 0) is 34.8 Å². The Labute approximate surface area is 131 Å². The Morgan fingerprint density at radius 2 is 1.81 bits per heavy atom. The lowest BCUT2D eigenvalue weighted by Crippen LogP contribution is -2.38. The van der Waals surface area contributed by atoms with Crippen molar-refractivity contribution in [2.24, 2.45) is 0 Å². The standard InChI is InChI=1S/C15H18BrFO4/c1-20-12-9(8-10(16)13(21-2)11(12)17)15(14(18)19)6-4-3-5-7-15/h8H,3-7H2,1-2H3,(H,18,19). The van der Waals surface area contributed by atoms with Crippen molar-refractivity contribution in [3.63, 3.8) is 0 Å². The number of carbonyl (C=O) groups is 1. The lowest BCUT2D eigenvalue weighted by atomic mass is 9.69. The van der Waals surface area contributed by atoms with Crippen molar-refractivity contribution in [3.8, 4) is 11.5 Å². The molecule has 1 N–H and O–H groups in total. The van der Waals surface area contributed by atoms with E-state index in [1.807, 2.05) is 0 Å². The molecule has 0 saturated heterocycles. The van der Waals surface area contributed by atoms with Crippen LogP contribution in [0.25, 0.3) is 0 Å². The summed E-state index contributed by atoms with van der Waals surface area (Å²) in [7, 11) is 2.70. The number of aliphatic carboxylic acids is 1. The third-order valence-electron chi connectivity index (χ3n) is 4.17. The topological polar surface area (TPSA) is 55.8 Å². The molecule has 116 valence electrons. The van der Waals surface area contributed by atoms with E-state index in [2.05, 4.69) is 15.9 Å². The Morgan fingerprint density at radius 1 is 1.24 bits per heavy atom. The van der Waals surface area contributed by atoms with E-state index in [1.165, 1.54) is 14.2 Å². The molecule has 21 heavy (non-hydrogen) atoms. The third-order valence-corrected chi connectivity index (χ3v) is 4.76. The van der Waals surface area contributed by atoms with E-state index in [0.29, 0.717) is 22.9 Å². The van der Waals surface area contributed by atoms with Gasteiger partial charge in [0.25, 0.3) is 0 Å². The quantitative estimate of drug-likeness (QED) is 0.884. The van der Waals surface area contributed by atoms with Crippen LogP contribution in [0.1, 0.15) is 37.7 Å². The van der Waals surface area contributed by atoms with Gasteiger partial charge in [0.1, 0.15) is 0 Å². The van der Waals surface area contributed by atoms with E-state index in [9.17, 15) is 14.3 Å². The fourth-order valence-electron chi connectivity index (χ4n) is 3.08. The Kier molecular flexibility index (Phi) is 4.76. The van der Waals surface area contributed by atoms with Gasteiger partial charge in [-0.1, -0.05) is 19.3 Å². The van der Waals surface area contributed by atoms with Crippen LogP contribution in [0.4, 0.5) is 4.39 Å². The summed E-state index contributed by atoms with van der Waals surface area (Å²) in [6, 6.07) is 1.61. The molecule has 6 heteroatoms. The molecule has 0 spiro atoms. The lowest BCUT2D eigenvalue weighted by molar-refractivity contribution is -0.145. The normalized spacial score (nSPS) is 17.3. The van der Waals surface area contributed by atoms with Crippen LogP contribution < -0.4 is 9.47 Å². The molecule has 1 aromatic carbocycles. The minimum absolute atomic E-state index is 0.0203. The zero-order valence-electron chi connectivity index (χ0n) is 12.0. The number of carboxylic acids is 1. The van der Waals surface area contributed by atoms with Crippen molar-refractivity contribution in [1.82, 2.24) is 0 Å². The number of halogens is 2. The summed E-state index contributed by atoms with van der Waals surface area (Å²) in [6.45, 7) is 0. The SMILES string of the molecule is COc1c(Br)cc(C2(C(=O)O)CCCCC2)c(OC)c1F. The van der Waals surface area contributed by atoms with E-state index >= 15 is 0 Å². The predicted molar refractivity (Wildman–Crippen MR) is 79.6 cm³/mol. The van der Waals surface area contributed by atoms with Crippen LogP contribution in [-0.4, -0.2) is 25.3 Å². The van der Waals surface area contributed by atoms with E-state index in [-0.39, 0.29) is 11.5 Å². The number of hydrogen-bond donors (Lipinski definition) is 1. The molecular weight excluding hydrogens is 343 g/mol. The van der Waals surface area contributed by atoms with Crippen LogP contribution >= 0.6 is 15.9 Å². The van der Waals surface area contributed by atoms with Gasteiger partial charge in [0.05, 0.1) is 24.1 Å². The average Bonchev–Trinajstić information content (AvgIpc) is 2.47. The molecule has 1 saturated carbocycles. The van der Waals surface area contributed by atoms with Gasteiger partial charge in [-0.3, -0.25) is 4.79 Å². The molecule has 4 nitrogen and oxygen atoms in total. The molecule has 0 amide bonds. The first kappa shape index (κ1) is 16.1. The Morgan fingerprint density at radius 3 is 2.29 bits per heavy atom. The molecule has 0 aromatic heterocycles. The fraction of sp³-hybridized carbons (Fsp3) is 0.533. The smallest absolute Gasteiger partial charge is 0.314 e. The molecule has 1 aliphatic carbocycles. The number of carboxylic acid groups (broad SMARTS) is 1. The molecule has 2 rings (SSSR count). The van der Waals surface area contributed by atoms with Crippen LogP contribution in [0, 0.1) is 5.82 Å². The molecule has 0 heterocycles. The first-order valence-corrected chi connectivity index (χ1v) is 7.61. The zero-order valence-corrected chi connectivity index (χ0v) is 13.6. The number of benzene rings is 1. The van der Waals surface area contributed by atoms with E-state index in [0.717, 1.165) is 19.3 Å². The minimum atomic E-state index is -1.10. The summed E-state index contributed by atoms with van der Waals surface area (Å²) in [4.78, 5) is 11.9. The molecule has 0 aliphatic heterocycles. The van der Waals surface area contributed by atoms with Crippen molar-refractivity contribution < 1.29 is 23.8 Å². The number of ether oxygens (including phenoxy) is 2. The van der Waals surface area contributed by atoms with Crippen molar-refractivity contribution in [2.45, 2.75) is 37.5 Å². The molecule has 0 unspecified atom stereocenters. The van der Waals surface area contributed by atoms with Gasteiger partial charge < -0.3 is 14.6 Å². The van der Waals surface area contributed by atoms with Gasteiger partial charge in [-0.25, -0.2) is 0 Å². The van der Waals surface area contributed by atoms with Crippen molar-refractivity contribution in [3.05, 3.63) is 21.9 Å². The summed E-state index contributed by atoms with van der Waals surface area (Å²) in [5.74, 6) is -1.63. The monoisotopic (exact) mass is 360 g/mol. The Hall–Kier alpha value is -1.30. The molecular formula is C15H18BrFO4. The molecule has 1 fully saturated rings. The lowest BCUT2D eigenvalue weighted by Gasteiger charge is -2.35. The molecule has 0 bridgehead atoms. The highest BCUT2D eigenvalue weighted by Crippen LogP contribution is 2.48. The van der Waals surface area contributed by atoms with Crippen LogP contribution in [0.2, 0.25) is 0 Å². The molecule has 1 aliphatic rings. The molecule has 1 aromatic rings. The number of rotatable bonds is 4. The predicted octanol–water partition coefficient (Wildman–Crippen LogP) is 3.89. The second kappa shape index (κ2) is 6.22. The van der Waals surface area contributed by atoms with Gasteiger partial charge in [-0.15, -0.1) is 0 Å². The van der Waals surface area contributed by atoms with Crippen LogP contribution in [0.3, 0.4) is 0 Å². The fourth-order valence-corrected chi connectivity index (χ4v) is 3.64. The molecule has 0 radical (unpaired) electrons. The highest BCUT2D eigenvalue weighted by atomic mass is 79.9. The average molecular weight is 361 g/mol. The maximum Gasteiger partial charge on any atom is 0.314 e. The summed E-state index contributed by atoms with van der Waals surface area (Å²) in [5.41, 5.74) is -0.721. The summed E-state index contributed by atoms with van der Waals surface area (Å²) in [5, 5.41) is 9.75. The van der Waals surface area contributed by atoms with Crippen molar-refractivity contribution in [2.75, 3.05) is 14.2 Å². The Bertz CT molecular complexity index is 553. The third kappa shape index (κ3) is 2.61. The number of hydrogen-bond acceptors (Lipinski definition) is 3. The largest absolute Gasteiger partial charge is 0.493 e. The summed E-state index contributed by atoms with van der Waals surface area (Å²) < 4.78 is 25.1.